The zero-order chi connectivity index (χ0) is 30.8. The van der Waals surface area contributed by atoms with Crippen LogP contribution in [0.2, 0.25) is 10.0 Å². The molecule has 1 N–H and O–H groups in total. The molecule has 1 saturated carbocycles. The van der Waals surface area contributed by atoms with Gasteiger partial charge in [0.1, 0.15) is 6.04 Å². The van der Waals surface area contributed by atoms with Gasteiger partial charge in [0, 0.05) is 39.0 Å². The van der Waals surface area contributed by atoms with Crippen LogP contribution in [0.3, 0.4) is 0 Å². The van der Waals surface area contributed by atoms with E-state index in [1.165, 1.54) is 11.4 Å². The van der Waals surface area contributed by atoms with Crippen molar-refractivity contribution < 1.29 is 18.0 Å². The van der Waals surface area contributed by atoms with Gasteiger partial charge in [-0.1, -0.05) is 97.1 Å². The highest BCUT2D eigenvalue weighted by molar-refractivity contribution is 7.89. The zero-order valence-corrected chi connectivity index (χ0v) is 26.8. The first-order chi connectivity index (χ1) is 20.6. The Morgan fingerprint density at radius 1 is 0.884 bits per heavy atom. The second-order valence-corrected chi connectivity index (χ2v) is 13.9. The molecule has 0 heterocycles. The zero-order valence-electron chi connectivity index (χ0n) is 24.4. The Kier molecular flexibility index (Phi) is 12.1. The largest absolute Gasteiger partial charge is 0.352 e. The molecule has 4 rings (SSSR count). The van der Waals surface area contributed by atoms with Crippen LogP contribution in [-0.2, 0) is 32.6 Å². The lowest BCUT2D eigenvalue weighted by Crippen LogP contribution is -2.52. The molecule has 2 amide bonds. The highest BCUT2D eigenvalue weighted by atomic mass is 35.5. The van der Waals surface area contributed by atoms with Crippen molar-refractivity contribution in [3.63, 3.8) is 0 Å². The molecule has 10 heteroatoms. The lowest BCUT2D eigenvalue weighted by Gasteiger charge is -2.33. The molecular weight excluding hydrogens is 605 g/mol. The average molecular weight is 645 g/mol. The van der Waals surface area contributed by atoms with E-state index < -0.39 is 16.1 Å². The molecule has 43 heavy (non-hydrogen) atoms. The smallest absolute Gasteiger partial charge is 0.243 e. The molecule has 0 aliphatic heterocycles. The van der Waals surface area contributed by atoms with E-state index in [-0.39, 0.29) is 42.3 Å². The quantitative estimate of drug-likeness (QED) is 0.231. The summed E-state index contributed by atoms with van der Waals surface area (Å²) in [6, 6.07) is 22.4. The molecule has 1 aliphatic rings. The summed E-state index contributed by atoms with van der Waals surface area (Å²) < 4.78 is 27.2. The Bertz CT molecular complexity index is 1470. The number of hydrogen-bond acceptors (Lipinski definition) is 4. The van der Waals surface area contributed by atoms with Gasteiger partial charge in [-0.25, -0.2) is 12.7 Å². The van der Waals surface area contributed by atoms with E-state index in [9.17, 15) is 18.0 Å². The fraction of sp³-hybridized carbons (Fsp3) is 0.394. The number of benzene rings is 3. The number of carbonyl (C=O) groups excluding carboxylic acids is 2. The summed E-state index contributed by atoms with van der Waals surface area (Å²) in [6.45, 7) is 0.310. The van der Waals surface area contributed by atoms with Gasteiger partial charge >= 0.3 is 0 Å². The van der Waals surface area contributed by atoms with Crippen molar-refractivity contribution in [2.75, 3.05) is 13.6 Å². The van der Waals surface area contributed by atoms with Crippen molar-refractivity contribution in [3.05, 3.63) is 100 Å². The predicted molar refractivity (Wildman–Crippen MR) is 171 cm³/mol. The minimum atomic E-state index is -3.68. The molecule has 0 saturated heterocycles. The van der Waals surface area contributed by atoms with E-state index in [2.05, 4.69) is 5.32 Å². The van der Waals surface area contributed by atoms with Crippen LogP contribution < -0.4 is 5.32 Å². The highest BCUT2D eigenvalue weighted by Crippen LogP contribution is 2.25. The van der Waals surface area contributed by atoms with Gasteiger partial charge in [-0.05, 0) is 54.7 Å². The molecule has 0 unspecified atom stereocenters. The number of hydrogen-bond donors (Lipinski definition) is 1. The summed E-state index contributed by atoms with van der Waals surface area (Å²) >= 11 is 12.5. The topological polar surface area (TPSA) is 86.8 Å². The van der Waals surface area contributed by atoms with Crippen LogP contribution in [0.1, 0.15) is 56.1 Å². The summed E-state index contributed by atoms with van der Waals surface area (Å²) in [4.78, 5) is 29.7. The normalized spacial score (nSPS) is 14.8. The molecule has 1 aliphatic carbocycles. The summed E-state index contributed by atoms with van der Waals surface area (Å²) in [6.07, 6.45) is 5.85. The van der Waals surface area contributed by atoms with E-state index in [1.54, 1.807) is 53.4 Å². The van der Waals surface area contributed by atoms with Crippen LogP contribution >= 0.6 is 23.2 Å². The lowest BCUT2D eigenvalue weighted by atomic mass is 9.94. The van der Waals surface area contributed by atoms with Gasteiger partial charge < -0.3 is 10.2 Å². The number of sulfonamides is 1. The third-order valence-corrected chi connectivity index (χ3v) is 10.5. The van der Waals surface area contributed by atoms with E-state index in [0.29, 0.717) is 22.9 Å². The van der Waals surface area contributed by atoms with Gasteiger partial charge in [-0.3, -0.25) is 9.59 Å². The van der Waals surface area contributed by atoms with Crippen molar-refractivity contribution >= 4 is 45.0 Å². The Balaban J connectivity index is 1.56. The molecule has 0 radical (unpaired) electrons. The Morgan fingerprint density at radius 3 is 2.19 bits per heavy atom. The summed E-state index contributed by atoms with van der Waals surface area (Å²) in [5, 5.41) is 4.00. The molecule has 3 aromatic rings. The van der Waals surface area contributed by atoms with Crippen LogP contribution in [0.15, 0.2) is 83.8 Å². The van der Waals surface area contributed by atoms with Crippen molar-refractivity contribution in [1.82, 2.24) is 14.5 Å². The van der Waals surface area contributed by atoms with Gasteiger partial charge in [-0.2, -0.15) is 0 Å². The van der Waals surface area contributed by atoms with Crippen molar-refractivity contribution in [1.29, 1.82) is 0 Å². The van der Waals surface area contributed by atoms with Crippen molar-refractivity contribution in [2.45, 2.75) is 74.9 Å². The first-order valence-electron chi connectivity index (χ1n) is 14.7. The maximum absolute atomic E-state index is 13.9. The molecule has 230 valence electrons. The van der Waals surface area contributed by atoms with E-state index in [4.69, 9.17) is 23.2 Å². The standard InChI is InChI=1S/C33H39Cl2N3O4S/c1-37(43(41,42)28-16-9-4-10-17-28)21-11-18-32(39)38(24-26-19-20-29(34)30(35)22-26)31(23-25-12-5-2-6-13-25)33(40)36-27-14-7-3-8-15-27/h2,4-6,9-10,12-13,16-17,19-20,22,27,31H,3,7-8,11,14-15,18,21,23-24H2,1H3,(H,36,40)/t31-/m0/s1. The first kappa shape index (κ1) is 33.0. The van der Waals surface area contributed by atoms with Gasteiger partial charge in [0.25, 0.3) is 0 Å². The molecular formula is C33H39Cl2N3O4S. The lowest BCUT2D eigenvalue weighted by molar-refractivity contribution is -0.141. The van der Waals surface area contributed by atoms with Crippen LogP contribution in [0, 0.1) is 0 Å². The molecule has 0 aromatic heterocycles. The van der Waals surface area contributed by atoms with E-state index in [0.717, 1.165) is 43.2 Å². The number of halogens is 2. The average Bonchev–Trinajstić information content (AvgIpc) is 3.01. The molecule has 0 bridgehead atoms. The van der Waals surface area contributed by atoms with Gasteiger partial charge in [0.15, 0.2) is 0 Å². The summed E-state index contributed by atoms with van der Waals surface area (Å²) in [5.41, 5.74) is 1.68. The second kappa shape index (κ2) is 15.7. The predicted octanol–water partition coefficient (Wildman–Crippen LogP) is 6.48. The second-order valence-electron chi connectivity index (χ2n) is 11.1. The third-order valence-electron chi connectivity index (χ3n) is 7.87. The van der Waals surface area contributed by atoms with Crippen molar-refractivity contribution in [3.8, 4) is 0 Å². The van der Waals surface area contributed by atoms with Crippen LogP contribution in [-0.4, -0.2) is 55.1 Å². The SMILES string of the molecule is CN(CCCC(=O)N(Cc1ccc(Cl)c(Cl)c1)[C@@H](Cc1ccccc1)C(=O)NC1CCCCC1)S(=O)(=O)c1ccccc1. The number of nitrogens with zero attached hydrogens (tertiary/aromatic N) is 2. The monoisotopic (exact) mass is 643 g/mol. The first-order valence-corrected chi connectivity index (χ1v) is 16.9. The Labute approximate surface area is 265 Å². The maximum Gasteiger partial charge on any atom is 0.243 e. The van der Waals surface area contributed by atoms with Crippen LogP contribution in [0.25, 0.3) is 0 Å². The molecule has 0 spiro atoms. The Morgan fingerprint density at radius 2 is 1.53 bits per heavy atom. The third kappa shape index (κ3) is 9.29. The number of nitrogens with one attached hydrogen (secondary N) is 1. The number of amides is 2. The summed E-state index contributed by atoms with van der Waals surface area (Å²) in [7, 11) is -2.17. The van der Waals surface area contributed by atoms with E-state index >= 15 is 0 Å². The van der Waals surface area contributed by atoms with Crippen molar-refractivity contribution in [2.24, 2.45) is 0 Å². The van der Waals surface area contributed by atoms with Gasteiger partial charge in [-0.15, -0.1) is 0 Å². The maximum atomic E-state index is 13.9. The molecule has 7 nitrogen and oxygen atoms in total. The fourth-order valence-corrected chi connectivity index (χ4v) is 6.97. The summed E-state index contributed by atoms with van der Waals surface area (Å²) in [5.74, 6) is -0.427. The fourth-order valence-electron chi connectivity index (χ4n) is 5.42. The van der Waals surface area contributed by atoms with Gasteiger partial charge in [0.2, 0.25) is 21.8 Å². The minimum Gasteiger partial charge on any atom is -0.352 e. The van der Waals surface area contributed by atoms with E-state index in [1.807, 2.05) is 30.3 Å². The van der Waals surface area contributed by atoms with Crippen LogP contribution in [0.4, 0.5) is 0 Å². The van der Waals surface area contributed by atoms with Gasteiger partial charge in [0.05, 0.1) is 14.9 Å². The molecule has 3 aromatic carbocycles. The molecule has 1 fully saturated rings. The highest BCUT2D eigenvalue weighted by Gasteiger charge is 2.32. The van der Waals surface area contributed by atoms with Crippen LogP contribution in [0.5, 0.6) is 0 Å². The number of rotatable bonds is 13. The molecule has 1 atom stereocenters. The number of carbonyl (C=O) groups is 2. The Hall–Kier alpha value is -2.91. The minimum absolute atomic E-state index is 0.0674.